The van der Waals surface area contributed by atoms with E-state index in [4.69, 9.17) is 0 Å². The predicted molar refractivity (Wildman–Crippen MR) is 72.0 cm³/mol. The highest BCUT2D eigenvalue weighted by Gasteiger charge is 2.23. The number of hydrogen-bond donors (Lipinski definition) is 1. The van der Waals surface area contributed by atoms with Gasteiger partial charge in [0.1, 0.15) is 0 Å². The summed E-state index contributed by atoms with van der Waals surface area (Å²) in [5.74, 6) is 0.573. The summed E-state index contributed by atoms with van der Waals surface area (Å²) in [6, 6.07) is 0.516. The molecule has 1 amide bonds. The first-order valence-corrected chi connectivity index (χ1v) is 7.25. The van der Waals surface area contributed by atoms with E-state index in [1.165, 1.54) is 19.3 Å². The summed E-state index contributed by atoms with van der Waals surface area (Å²) >= 11 is 0. The van der Waals surface area contributed by atoms with Crippen LogP contribution in [-0.4, -0.2) is 36.5 Å². The Balaban J connectivity index is 2.48. The van der Waals surface area contributed by atoms with Crippen molar-refractivity contribution < 1.29 is 4.79 Å². The minimum atomic E-state index is 0.221. The summed E-state index contributed by atoms with van der Waals surface area (Å²) in [6.45, 7) is 9.15. The quantitative estimate of drug-likeness (QED) is 0.773. The van der Waals surface area contributed by atoms with Crippen LogP contribution < -0.4 is 5.32 Å². The van der Waals surface area contributed by atoms with Gasteiger partial charge in [-0.05, 0) is 39.2 Å². The summed E-state index contributed by atoms with van der Waals surface area (Å²) in [4.78, 5) is 14.4. The molecule has 1 fully saturated rings. The third-order valence-electron chi connectivity index (χ3n) is 3.88. The molecule has 0 aromatic rings. The first-order chi connectivity index (χ1) is 8.22. The fourth-order valence-electron chi connectivity index (χ4n) is 2.62. The molecule has 17 heavy (non-hydrogen) atoms. The molecule has 1 atom stereocenters. The monoisotopic (exact) mass is 240 g/mol. The first kappa shape index (κ1) is 14.5. The molecule has 0 aromatic carbocycles. The smallest absolute Gasteiger partial charge is 0.225 e. The van der Waals surface area contributed by atoms with E-state index in [1.54, 1.807) is 0 Å². The molecular formula is C14H28N2O. The molecule has 0 spiro atoms. The molecule has 0 radical (unpaired) electrons. The lowest BCUT2D eigenvalue weighted by molar-refractivity contribution is -0.136. The van der Waals surface area contributed by atoms with Crippen molar-refractivity contribution in [2.24, 2.45) is 5.92 Å². The zero-order valence-electron chi connectivity index (χ0n) is 11.7. The molecule has 1 rings (SSSR count). The molecule has 0 saturated carbocycles. The van der Waals surface area contributed by atoms with Crippen LogP contribution in [0, 0.1) is 5.92 Å². The fourth-order valence-corrected chi connectivity index (χ4v) is 2.62. The van der Waals surface area contributed by atoms with Gasteiger partial charge in [0.15, 0.2) is 0 Å². The van der Waals surface area contributed by atoms with Gasteiger partial charge < -0.3 is 10.2 Å². The second-order valence-electron chi connectivity index (χ2n) is 5.04. The molecule has 1 saturated heterocycles. The Morgan fingerprint density at radius 1 is 1.29 bits per heavy atom. The Kier molecular flexibility index (Phi) is 6.56. The van der Waals surface area contributed by atoms with E-state index in [2.05, 4.69) is 26.1 Å². The summed E-state index contributed by atoms with van der Waals surface area (Å²) in [6.07, 6.45) is 5.72. The molecule has 1 N–H and O–H groups in total. The number of hydrogen-bond acceptors (Lipinski definition) is 2. The van der Waals surface area contributed by atoms with E-state index >= 15 is 0 Å². The highest BCUT2D eigenvalue weighted by atomic mass is 16.2. The highest BCUT2D eigenvalue weighted by molar-refractivity contribution is 5.78. The lowest BCUT2D eigenvalue weighted by Gasteiger charge is -2.31. The Morgan fingerprint density at radius 2 is 2.00 bits per heavy atom. The van der Waals surface area contributed by atoms with E-state index in [9.17, 15) is 4.79 Å². The predicted octanol–water partition coefficient (Wildman–Crippen LogP) is 2.41. The maximum atomic E-state index is 12.3. The topological polar surface area (TPSA) is 32.3 Å². The number of rotatable bonds is 6. The van der Waals surface area contributed by atoms with Crippen LogP contribution >= 0.6 is 0 Å². The average molecular weight is 240 g/mol. The van der Waals surface area contributed by atoms with Crippen LogP contribution in [0.3, 0.4) is 0 Å². The van der Waals surface area contributed by atoms with Crippen molar-refractivity contribution in [1.82, 2.24) is 10.2 Å². The van der Waals surface area contributed by atoms with Crippen molar-refractivity contribution in [2.45, 2.75) is 58.9 Å². The van der Waals surface area contributed by atoms with Gasteiger partial charge in [-0.1, -0.05) is 20.3 Å². The summed E-state index contributed by atoms with van der Waals surface area (Å²) in [5, 5.41) is 3.52. The van der Waals surface area contributed by atoms with E-state index in [0.717, 1.165) is 32.5 Å². The standard InChI is InChI=1S/C14H28N2O/c1-4-12(5-2)14(17)16(6-3)11-13-9-7-8-10-15-13/h12-13,15H,4-11H2,1-3H3. The van der Waals surface area contributed by atoms with Gasteiger partial charge in [0, 0.05) is 25.0 Å². The number of amides is 1. The van der Waals surface area contributed by atoms with Crippen molar-refractivity contribution in [3.05, 3.63) is 0 Å². The maximum Gasteiger partial charge on any atom is 0.225 e. The summed E-state index contributed by atoms with van der Waals surface area (Å²) in [7, 11) is 0. The largest absolute Gasteiger partial charge is 0.341 e. The minimum Gasteiger partial charge on any atom is -0.341 e. The van der Waals surface area contributed by atoms with Gasteiger partial charge >= 0.3 is 0 Å². The lowest BCUT2D eigenvalue weighted by atomic mass is 10.00. The average Bonchev–Trinajstić information content (AvgIpc) is 2.38. The molecule has 1 aliphatic heterocycles. The molecule has 0 aromatic heterocycles. The van der Waals surface area contributed by atoms with Crippen LogP contribution in [0.1, 0.15) is 52.9 Å². The van der Waals surface area contributed by atoms with Crippen LogP contribution in [-0.2, 0) is 4.79 Å². The van der Waals surface area contributed by atoms with Crippen LogP contribution in [0.4, 0.5) is 0 Å². The van der Waals surface area contributed by atoms with Crippen molar-refractivity contribution in [1.29, 1.82) is 0 Å². The zero-order valence-corrected chi connectivity index (χ0v) is 11.7. The molecule has 3 nitrogen and oxygen atoms in total. The highest BCUT2D eigenvalue weighted by Crippen LogP contribution is 2.14. The number of nitrogens with one attached hydrogen (secondary N) is 1. The third kappa shape index (κ3) is 4.30. The molecule has 1 unspecified atom stereocenters. The van der Waals surface area contributed by atoms with Crippen molar-refractivity contribution in [2.75, 3.05) is 19.6 Å². The second kappa shape index (κ2) is 7.70. The van der Waals surface area contributed by atoms with E-state index in [0.29, 0.717) is 11.9 Å². The normalized spacial score (nSPS) is 20.6. The Hall–Kier alpha value is -0.570. The van der Waals surface area contributed by atoms with Gasteiger partial charge in [-0.3, -0.25) is 4.79 Å². The Labute approximate surface area is 106 Å². The Bertz CT molecular complexity index is 220. The number of carbonyl (C=O) groups is 1. The second-order valence-corrected chi connectivity index (χ2v) is 5.04. The molecule has 100 valence electrons. The molecule has 1 aliphatic rings. The van der Waals surface area contributed by atoms with Crippen molar-refractivity contribution >= 4 is 5.91 Å². The van der Waals surface area contributed by atoms with Gasteiger partial charge in [0.25, 0.3) is 0 Å². The number of nitrogens with zero attached hydrogens (tertiary/aromatic N) is 1. The molecular weight excluding hydrogens is 212 g/mol. The van der Waals surface area contributed by atoms with Gasteiger partial charge in [0.05, 0.1) is 0 Å². The van der Waals surface area contributed by atoms with Crippen molar-refractivity contribution in [3.8, 4) is 0 Å². The lowest BCUT2D eigenvalue weighted by Crippen LogP contribution is -2.47. The summed E-state index contributed by atoms with van der Waals surface area (Å²) < 4.78 is 0. The van der Waals surface area contributed by atoms with E-state index < -0.39 is 0 Å². The number of carbonyl (C=O) groups excluding carboxylic acids is 1. The fraction of sp³-hybridized carbons (Fsp3) is 0.929. The van der Waals surface area contributed by atoms with Crippen LogP contribution in [0.5, 0.6) is 0 Å². The molecule has 3 heteroatoms. The zero-order chi connectivity index (χ0) is 12.7. The van der Waals surface area contributed by atoms with Crippen LogP contribution in [0.15, 0.2) is 0 Å². The van der Waals surface area contributed by atoms with Gasteiger partial charge in [-0.15, -0.1) is 0 Å². The van der Waals surface area contributed by atoms with E-state index in [-0.39, 0.29) is 5.92 Å². The SMILES string of the molecule is CCC(CC)C(=O)N(CC)CC1CCCCN1. The van der Waals surface area contributed by atoms with Crippen LogP contribution in [0.2, 0.25) is 0 Å². The molecule has 1 heterocycles. The van der Waals surface area contributed by atoms with E-state index in [1.807, 2.05) is 4.90 Å². The van der Waals surface area contributed by atoms with Gasteiger partial charge in [-0.2, -0.15) is 0 Å². The third-order valence-corrected chi connectivity index (χ3v) is 3.88. The van der Waals surface area contributed by atoms with Crippen molar-refractivity contribution in [3.63, 3.8) is 0 Å². The Morgan fingerprint density at radius 3 is 2.47 bits per heavy atom. The van der Waals surface area contributed by atoms with Gasteiger partial charge in [-0.25, -0.2) is 0 Å². The first-order valence-electron chi connectivity index (χ1n) is 7.25. The van der Waals surface area contributed by atoms with Gasteiger partial charge in [0.2, 0.25) is 5.91 Å². The molecule has 0 aliphatic carbocycles. The molecule has 0 bridgehead atoms. The van der Waals surface area contributed by atoms with Crippen LogP contribution in [0.25, 0.3) is 0 Å². The maximum absolute atomic E-state index is 12.3. The number of likely N-dealkylation sites (N-methyl/N-ethyl adjacent to an activating group) is 1. The summed E-state index contributed by atoms with van der Waals surface area (Å²) in [5.41, 5.74) is 0. The minimum absolute atomic E-state index is 0.221. The number of piperidine rings is 1.